The van der Waals surface area contributed by atoms with E-state index in [9.17, 15) is 40.5 Å². The summed E-state index contributed by atoms with van der Waals surface area (Å²) in [5.41, 5.74) is -4.02. The average molecular weight is 606 g/mol. The first kappa shape index (κ1) is 32.1. The fourth-order valence-corrected chi connectivity index (χ4v) is 5.02. The van der Waals surface area contributed by atoms with Crippen molar-refractivity contribution in [1.29, 1.82) is 0 Å². The first-order valence-corrected chi connectivity index (χ1v) is 13.8. The van der Waals surface area contributed by atoms with Gasteiger partial charge in [0.1, 0.15) is 0 Å². The predicted octanol–water partition coefficient (Wildman–Crippen LogP) is 4.55. The topological polar surface area (TPSA) is 135 Å². The maximum absolute atomic E-state index is 13.3. The first-order chi connectivity index (χ1) is 18.4. The number of rotatable bonds is 9. The van der Waals surface area contributed by atoms with Crippen molar-refractivity contribution in [3.8, 4) is 0 Å². The average Bonchev–Trinajstić information content (AvgIpc) is 3.20. The summed E-state index contributed by atoms with van der Waals surface area (Å²) in [5, 5.41) is 2.85. The van der Waals surface area contributed by atoms with Gasteiger partial charge >= 0.3 is 26.3 Å². The lowest BCUT2D eigenvalue weighted by Crippen LogP contribution is -2.60. The van der Waals surface area contributed by atoms with Gasteiger partial charge in [0.15, 0.2) is 0 Å². The molecule has 0 saturated carbocycles. The number of hydrogen-bond acceptors (Lipinski definition) is 6. The van der Waals surface area contributed by atoms with Crippen LogP contribution < -0.4 is 5.32 Å². The molecule has 0 bridgehead atoms. The van der Waals surface area contributed by atoms with Gasteiger partial charge in [-0.15, -0.1) is 0 Å². The highest BCUT2D eigenvalue weighted by Gasteiger charge is 2.46. The largest absolute Gasteiger partial charge is 0.469 e. The molecule has 0 radical (unpaired) electrons. The third kappa shape index (κ3) is 8.80. The van der Waals surface area contributed by atoms with Crippen molar-refractivity contribution < 1.29 is 64.3 Å². The Bertz CT molecular complexity index is 1100. The van der Waals surface area contributed by atoms with Crippen LogP contribution in [0.5, 0.6) is 0 Å². The summed E-state index contributed by atoms with van der Waals surface area (Å²) in [6.07, 6.45) is -10.7. The van der Waals surface area contributed by atoms with Gasteiger partial charge in [-0.3, -0.25) is 9.32 Å². The quantitative estimate of drug-likeness (QED) is 0.212. The number of likely N-dealkylation sites (tertiary alicyclic amines) is 1. The molecule has 2 aliphatic rings. The van der Waals surface area contributed by atoms with Gasteiger partial charge < -0.3 is 29.5 Å². The molecule has 40 heavy (non-hydrogen) atoms. The SMILES string of the molecule is C[C@@H](OC[C@H]1CC[C@]2(CCC(=O)N2)CN1C(=O)OCCCOP(=O)(O)O)c1cc(C(F)(F)F)cc(C(F)(F)F)c1. The van der Waals surface area contributed by atoms with E-state index in [1.165, 1.54) is 11.8 Å². The Morgan fingerprint density at radius 3 is 2.27 bits per heavy atom. The third-order valence-corrected chi connectivity index (χ3v) is 7.25. The van der Waals surface area contributed by atoms with Crippen LogP contribution in [0.3, 0.4) is 0 Å². The normalized spacial score (nSPS) is 22.9. The molecule has 2 fully saturated rings. The van der Waals surface area contributed by atoms with E-state index in [0.717, 1.165) is 0 Å². The Hall–Kier alpha value is -2.39. The standard InChI is InChI=1S/C23H29F6N2O8P/c1-14(15-9-16(22(24,25)26)11-17(10-15)23(27,28)29)38-12-18-3-5-21(6-4-19(32)30-21)13-31(18)20(33)37-7-2-8-39-40(34,35)36/h9-11,14,18H,2-8,12-13H2,1H3,(H,30,32)(H2,34,35,36)/t14-,18-,21+/m1/s1. The van der Waals surface area contributed by atoms with Crippen molar-refractivity contribution in [1.82, 2.24) is 10.2 Å². The molecule has 3 N–H and O–H groups in total. The number of hydrogen-bond donors (Lipinski definition) is 3. The van der Waals surface area contributed by atoms with Gasteiger partial charge in [-0.2, -0.15) is 26.3 Å². The molecule has 10 nitrogen and oxygen atoms in total. The number of carbonyl (C=O) groups excluding carboxylic acids is 2. The number of alkyl halides is 6. The number of halogens is 6. The first-order valence-electron chi connectivity index (χ1n) is 12.2. The Balaban J connectivity index is 1.71. The van der Waals surface area contributed by atoms with E-state index < -0.39 is 61.7 Å². The van der Waals surface area contributed by atoms with Gasteiger partial charge in [0.25, 0.3) is 0 Å². The summed E-state index contributed by atoms with van der Waals surface area (Å²) in [5.74, 6) is -0.198. The van der Waals surface area contributed by atoms with Crippen molar-refractivity contribution in [2.24, 2.45) is 0 Å². The number of nitrogens with one attached hydrogen (secondary N) is 1. The highest BCUT2D eigenvalue weighted by Crippen LogP contribution is 2.39. The summed E-state index contributed by atoms with van der Waals surface area (Å²) in [4.78, 5) is 43.5. The maximum Gasteiger partial charge on any atom is 0.469 e. The molecule has 2 aliphatic heterocycles. The van der Waals surface area contributed by atoms with Crippen molar-refractivity contribution in [2.75, 3.05) is 26.4 Å². The summed E-state index contributed by atoms with van der Waals surface area (Å²) < 4.78 is 105. The highest BCUT2D eigenvalue weighted by atomic mass is 31.2. The van der Waals surface area contributed by atoms with Gasteiger partial charge in [0, 0.05) is 19.4 Å². The molecule has 17 heteroatoms. The molecule has 1 aromatic rings. The molecule has 226 valence electrons. The van der Waals surface area contributed by atoms with Crippen LogP contribution in [-0.2, 0) is 35.7 Å². The predicted molar refractivity (Wildman–Crippen MR) is 125 cm³/mol. The number of phosphoric ester groups is 1. The van der Waals surface area contributed by atoms with Crippen LogP contribution in [0.1, 0.15) is 61.8 Å². The third-order valence-electron chi connectivity index (χ3n) is 6.73. The molecule has 0 unspecified atom stereocenters. The lowest BCUT2D eigenvalue weighted by molar-refractivity contribution is -0.143. The van der Waals surface area contributed by atoms with Gasteiger partial charge in [0.2, 0.25) is 5.91 Å². The number of phosphoric acid groups is 1. The van der Waals surface area contributed by atoms with E-state index in [0.29, 0.717) is 31.4 Å². The second kappa shape index (κ2) is 12.2. The Morgan fingerprint density at radius 1 is 1.12 bits per heavy atom. The molecule has 3 rings (SSSR count). The van der Waals surface area contributed by atoms with Crippen molar-refractivity contribution in [3.63, 3.8) is 0 Å². The lowest BCUT2D eigenvalue weighted by atomic mass is 9.84. The van der Waals surface area contributed by atoms with Gasteiger partial charge in [-0.25, -0.2) is 9.36 Å². The number of carbonyl (C=O) groups is 2. The number of amides is 2. The molecule has 2 heterocycles. The van der Waals surface area contributed by atoms with Crippen LogP contribution in [0, 0.1) is 0 Å². The van der Waals surface area contributed by atoms with E-state index in [2.05, 4.69) is 9.84 Å². The van der Waals surface area contributed by atoms with Crippen LogP contribution in [0.15, 0.2) is 18.2 Å². The Kier molecular flexibility index (Phi) is 9.82. The Morgan fingerprint density at radius 2 is 1.75 bits per heavy atom. The number of nitrogens with zero attached hydrogens (tertiary/aromatic N) is 1. The van der Waals surface area contributed by atoms with Crippen LogP contribution >= 0.6 is 7.82 Å². The minimum atomic E-state index is -5.02. The minimum absolute atomic E-state index is 0.0232. The van der Waals surface area contributed by atoms with Crippen LogP contribution in [0.2, 0.25) is 0 Å². The summed E-state index contributed by atoms with van der Waals surface area (Å²) in [6, 6.07) is 0.498. The summed E-state index contributed by atoms with van der Waals surface area (Å²) in [6.45, 7) is 0.419. The molecule has 1 spiro atoms. The molecule has 3 atom stereocenters. The monoisotopic (exact) mass is 606 g/mol. The Labute approximate surface area is 225 Å². The van der Waals surface area contributed by atoms with Crippen LogP contribution in [0.4, 0.5) is 31.1 Å². The summed E-state index contributed by atoms with van der Waals surface area (Å²) in [7, 11) is -4.69. The van der Waals surface area contributed by atoms with E-state index in [4.69, 9.17) is 19.3 Å². The molecular formula is C23H29F6N2O8P. The van der Waals surface area contributed by atoms with Gasteiger partial charge in [-0.05, 0) is 49.9 Å². The summed E-state index contributed by atoms with van der Waals surface area (Å²) >= 11 is 0. The van der Waals surface area contributed by atoms with Crippen molar-refractivity contribution >= 4 is 19.8 Å². The zero-order valence-corrected chi connectivity index (χ0v) is 22.2. The van der Waals surface area contributed by atoms with E-state index in [-0.39, 0.29) is 50.1 Å². The lowest BCUT2D eigenvalue weighted by Gasteiger charge is -2.44. The molecule has 0 aliphatic carbocycles. The molecule has 0 aromatic heterocycles. The number of piperidine rings is 1. The van der Waals surface area contributed by atoms with Gasteiger partial charge in [-0.1, -0.05) is 0 Å². The molecule has 1 aromatic carbocycles. The van der Waals surface area contributed by atoms with Crippen LogP contribution in [-0.4, -0.2) is 64.6 Å². The number of benzene rings is 1. The minimum Gasteiger partial charge on any atom is -0.449 e. The van der Waals surface area contributed by atoms with E-state index in [1.807, 2.05) is 0 Å². The fraction of sp³-hybridized carbons (Fsp3) is 0.652. The van der Waals surface area contributed by atoms with Crippen molar-refractivity contribution in [3.05, 3.63) is 34.9 Å². The second-order valence-electron chi connectivity index (χ2n) is 9.76. The zero-order valence-electron chi connectivity index (χ0n) is 21.3. The van der Waals surface area contributed by atoms with E-state index >= 15 is 0 Å². The zero-order chi connectivity index (χ0) is 29.9. The molecular weight excluding hydrogens is 577 g/mol. The maximum atomic E-state index is 13.3. The smallest absolute Gasteiger partial charge is 0.449 e. The van der Waals surface area contributed by atoms with Crippen molar-refractivity contribution in [2.45, 2.75) is 69.1 Å². The highest BCUT2D eigenvalue weighted by molar-refractivity contribution is 7.46. The molecule has 2 saturated heterocycles. The van der Waals surface area contributed by atoms with Crippen LogP contribution in [0.25, 0.3) is 0 Å². The van der Waals surface area contributed by atoms with Gasteiger partial charge in [0.05, 0.1) is 48.6 Å². The fourth-order valence-electron chi connectivity index (χ4n) is 4.65. The number of ether oxygens (including phenoxy) is 2. The molecule has 2 amide bonds. The van der Waals surface area contributed by atoms with E-state index in [1.54, 1.807) is 0 Å². The second-order valence-corrected chi connectivity index (χ2v) is 11.0.